The van der Waals surface area contributed by atoms with Crippen molar-refractivity contribution >= 4 is 5.57 Å². The van der Waals surface area contributed by atoms with Crippen molar-refractivity contribution in [2.75, 3.05) is 6.54 Å². The Morgan fingerprint density at radius 1 is 1.24 bits per heavy atom. The van der Waals surface area contributed by atoms with Gasteiger partial charge in [-0.25, -0.2) is 0 Å². The van der Waals surface area contributed by atoms with Crippen LogP contribution in [0.25, 0.3) is 5.57 Å². The zero-order valence-electron chi connectivity index (χ0n) is 12.7. The molecular formula is C17H22Cl2NTi. The second-order valence-corrected chi connectivity index (χ2v) is 6.03. The van der Waals surface area contributed by atoms with E-state index in [2.05, 4.69) is 80.4 Å². The van der Waals surface area contributed by atoms with E-state index in [9.17, 15) is 0 Å². The molecule has 0 amide bonds. The monoisotopic (exact) mass is 358 g/mol. The van der Waals surface area contributed by atoms with E-state index in [0.29, 0.717) is 6.04 Å². The van der Waals surface area contributed by atoms with Crippen LogP contribution in [0.1, 0.15) is 50.3 Å². The molecule has 0 aromatic heterocycles. The average Bonchev–Trinajstić information content (AvgIpc) is 2.98. The Balaban J connectivity index is 0.00000200. The molecule has 0 fully saturated rings. The van der Waals surface area contributed by atoms with Crippen molar-refractivity contribution in [3.8, 4) is 0 Å². The number of halogens is 2. The summed E-state index contributed by atoms with van der Waals surface area (Å²) in [5, 5.41) is 0. The van der Waals surface area contributed by atoms with Crippen molar-refractivity contribution in [2.24, 2.45) is 0 Å². The third-order valence-corrected chi connectivity index (χ3v) is 4.70. The molecule has 4 heteroatoms. The summed E-state index contributed by atoms with van der Waals surface area (Å²) in [4.78, 5) is 0. The van der Waals surface area contributed by atoms with Crippen LogP contribution >= 0.6 is 0 Å². The Bertz CT molecular complexity index is 485. The van der Waals surface area contributed by atoms with Gasteiger partial charge < -0.3 is 24.8 Å². The molecule has 113 valence electrons. The van der Waals surface area contributed by atoms with E-state index in [-0.39, 0.29) is 24.8 Å². The maximum absolute atomic E-state index is 2.46. The molecule has 0 bridgehead atoms. The van der Waals surface area contributed by atoms with Crippen molar-refractivity contribution < 1.29 is 45.5 Å². The molecule has 1 aliphatic carbocycles. The van der Waals surface area contributed by atoms with Gasteiger partial charge in [0.05, 0.1) is 0 Å². The van der Waals surface area contributed by atoms with Gasteiger partial charge in [-0.2, -0.15) is 0 Å². The molecule has 0 saturated carbocycles. The maximum atomic E-state index is 2.46. The molecule has 1 aromatic rings. The first kappa shape index (κ1) is 21.0. The van der Waals surface area contributed by atoms with E-state index in [1.165, 1.54) is 36.1 Å². The smallest absolute Gasteiger partial charge is 1.00 e. The first-order chi connectivity index (χ1) is 9.24. The first-order valence-electron chi connectivity index (χ1n) is 7.17. The van der Waals surface area contributed by atoms with E-state index in [0.717, 1.165) is 6.42 Å². The zero-order chi connectivity index (χ0) is 13.7. The summed E-state index contributed by atoms with van der Waals surface area (Å²) in [7, 11) is 0. The summed E-state index contributed by atoms with van der Waals surface area (Å²) in [6.07, 6.45) is 10.2. The zero-order valence-corrected chi connectivity index (χ0v) is 15.7. The van der Waals surface area contributed by atoms with Gasteiger partial charge in [-0.3, -0.25) is 0 Å². The molecule has 1 nitrogen and oxygen atoms in total. The second-order valence-electron chi connectivity index (χ2n) is 5.13. The summed E-state index contributed by atoms with van der Waals surface area (Å²) >= 11 is 2.23. The molecule has 1 unspecified atom stereocenters. The molecule has 2 rings (SSSR count). The molecule has 0 heterocycles. The fourth-order valence-electron chi connectivity index (χ4n) is 2.49. The normalized spacial score (nSPS) is 14.4. The predicted molar refractivity (Wildman–Crippen MR) is 78.2 cm³/mol. The van der Waals surface area contributed by atoms with Gasteiger partial charge in [0.15, 0.2) is 0 Å². The van der Waals surface area contributed by atoms with Gasteiger partial charge in [0.2, 0.25) is 0 Å². The molecule has 0 N–H and O–H groups in total. The number of hydrogen-bond acceptors (Lipinski definition) is 1. The Kier molecular flexibility index (Phi) is 10.6. The largest absolute Gasteiger partial charge is 1.00 e. The summed E-state index contributed by atoms with van der Waals surface area (Å²) in [5.74, 6) is 0. The topological polar surface area (TPSA) is 3.24 Å². The van der Waals surface area contributed by atoms with Crippen LogP contribution < -0.4 is 24.8 Å². The Morgan fingerprint density at radius 2 is 1.95 bits per heavy atom. The van der Waals surface area contributed by atoms with Crippen LogP contribution in [0.5, 0.6) is 0 Å². The van der Waals surface area contributed by atoms with Crippen LogP contribution in [-0.2, 0) is 20.7 Å². The fourth-order valence-corrected chi connectivity index (χ4v) is 2.95. The first-order valence-corrected chi connectivity index (χ1v) is 7.86. The molecular weight excluding hydrogens is 337 g/mol. The van der Waals surface area contributed by atoms with Crippen LogP contribution in [0.2, 0.25) is 0 Å². The van der Waals surface area contributed by atoms with Crippen molar-refractivity contribution in [2.45, 2.75) is 39.2 Å². The third-order valence-electron chi connectivity index (χ3n) is 3.75. The van der Waals surface area contributed by atoms with Gasteiger partial charge in [-0.1, -0.05) is 0 Å². The summed E-state index contributed by atoms with van der Waals surface area (Å²) in [6, 6.07) is 9.33. The van der Waals surface area contributed by atoms with Crippen LogP contribution in [-0.4, -0.2) is 9.93 Å². The maximum Gasteiger partial charge on any atom is -1.00 e. The number of unbranched alkanes of at least 4 members (excludes halogenated alkanes) is 1. The average molecular weight is 359 g/mol. The van der Waals surface area contributed by atoms with Crippen molar-refractivity contribution in [3.63, 3.8) is 0 Å². The van der Waals surface area contributed by atoms with E-state index < -0.39 is 0 Å². The van der Waals surface area contributed by atoms with Gasteiger partial charge in [-0.05, 0) is 0 Å². The van der Waals surface area contributed by atoms with Gasteiger partial charge in [0.25, 0.3) is 0 Å². The standard InChI is InChI=1S/C17H22N.2ClH.Ti/c1-3-4-13-18-14(2)16-11-7-8-12-17(16)15-9-5-6-10-15;;;/h5-9,11-12,14H,3-4,10,13H2,1-2H3;2*1H;/q-1;;;+3/p-2. The SMILES string of the molecule is CCCC[N]([Ti+2])C(C)c1ccccc1C1=CC=CC1.[Cl-].[Cl-]. The second kappa shape index (κ2) is 10.6. The predicted octanol–water partition coefficient (Wildman–Crippen LogP) is -1.34. The van der Waals surface area contributed by atoms with Crippen LogP contribution in [0.15, 0.2) is 42.5 Å². The molecule has 1 atom stereocenters. The van der Waals surface area contributed by atoms with Crippen LogP contribution in [0.3, 0.4) is 0 Å². The molecule has 0 aliphatic heterocycles. The third kappa shape index (κ3) is 5.58. The molecule has 21 heavy (non-hydrogen) atoms. The van der Waals surface area contributed by atoms with Gasteiger partial charge in [0.1, 0.15) is 0 Å². The molecule has 1 aromatic carbocycles. The van der Waals surface area contributed by atoms with Gasteiger partial charge in [0, 0.05) is 0 Å². The van der Waals surface area contributed by atoms with E-state index >= 15 is 0 Å². The summed E-state index contributed by atoms with van der Waals surface area (Å²) in [5.41, 5.74) is 4.32. The minimum Gasteiger partial charge on any atom is -1.00 e. The number of benzene rings is 1. The summed E-state index contributed by atoms with van der Waals surface area (Å²) in [6.45, 7) is 5.74. The number of nitrogens with zero attached hydrogens (tertiary/aromatic N) is 1. The number of rotatable bonds is 6. The van der Waals surface area contributed by atoms with E-state index in [1.807, 2.05) is 0 Å². The van der Waals surface area contributed by atoms with Crippen molar-refractivity contribution in [1.29, 1.82) is 0 Å². The minimum atomic E-state index is 0. The van der Waals surface area contributed by atoms with Crippen molar-refractivity contribution in [1.82, 2.24) is 3.38 Å². The molecule has 0 spiro atoms. The summed E-state index contributed by atoms with van der Waals surface area (Å²) < 4.78 is 2.46. The number of allylic oxidation sites excluding steroid dienone is 4. The fraction of sp³-hybridized carbons (Fsp3) is 0.412. The Morgan fingerprint density at radius 3 is 2.57 bits per heavy atom. The van der Waals surface area contributed by atoms with Crippen LogP contribution in [0.4, 0.5) is 0 Å². The minimum absolute atomic E-state index is 0. The van der Waals surface area contributed by atoms with Gasteiger partial charge >= 0.3 is 129 Å². The quantitative estimate of drug-likeness (QED) is 0.569. The van der Waals surface area contributed by atoms with Gasteiger partial charge in [-0.15, -0.1) is 0 Å². The number of hydrogen-bond donors (Lipinski definition) is 0. The molecule has 0 radical (unpaired) electrons. The van der Waals surface area contributed by atoms with E-state index in [4.69, 9.17) is 0 Å². The van der Waals surface area contributed by atoms with Crippen molar-refractivity contribution in [3.05, 3.63) is 53.6 Å². The van der Waals surface area contributed by atoms with E-state index in [1.54, 1.807) is 0 Å². The molecule has 0 saturated heterocycles. The Hall–Kier alpha value is -0.0457. The molecule has 1 aliphatic rings. The Labute approximate surface area is 153 Å². The van der Waals surface area contributed by atoms with Crippen LogP contribution in [0, 0.1) is 0 Å².